The van der Waals surface area contributed by atoms with Crippen molar-refractivity contribution in [2.24, 2.45) is 5.41 Å². The van der Waals surface area contributed by atoms with E-state index in [1.807, 2.05) is 6.92 Å². The van der Waals surface area contributed by atoms with Crippen LogP contribution in [0.25, 0.3) is 0 Å². The van der Waals surface area contributed by atoms with Gasteiger partial charge in [0.25, 0.3) is 0 Å². The zero-order valence-electron chi connectivity index (χ0n) is 10.7. The summed E-state index contributed by atoms with van der Waals surface area (Å²) in [7, 11) is 1.67. The number of rotatable bonds is 6. The third-order valence-electron chi connectivity index (χ3n) is 3.44. The van der Waals surface area contributed by atoms with Gasteiger partial charge in [0, 0.05) is 20.0 Å². The number of carbonyl (C=O) groups is 2. The smallest absolute Gasteiger partial charge is 0.303 e. The van der Waals surface area contributed by atoms with Gasteiger partial charge in [0.05, 0.1) is 5.41 Å². The highest BCUT2D eigenvalue weighted by Crippen LogP contribution is 2.30. The van der Waals surface area contributed by atoms with Crippen molar-refractivity contribution < 1.29 is 14.7 Å². The van der Waals surface area contributed by atoms with Crippen LogP contribution in [0.3, 0.4) is 0 Å². The maximum atomic E-state index is 11.7. The molecule has 0 spiro atoms. The lowest BCUT2D eigenvalue weighted by Gasteiger charge is -2.22. The number of carbonyl (C=O) groups excluding carboxylic acids is 1. The number of carboxylic acids is 1. The highest BCUT2D eigenvalue weighted by Gasteiger charge is 2.39. The fraction of sp³-hybridized carbons (Fsp3) is 0.833. The van der Waals surface area contributed by atoms with Gasteiger partial charge in [0.2, 0.25) is 5.91 Å². The van der Waals surface area contributed by atoms with E-state index in [1.54, 1.807) is 7.05 Å². The van der Waals surface area contributed by atoms with Gasteiger partial charge < -0.3 is 15.3 Å². The van der Waals surface area contributed by atoms with Crippen molar-refractivity contribution in [1.82, 2.24) is 10.2 Å². The summed E-state index contributed by atoms with van der Waals surface area (Å²) in [5.41, 5.74) is -0.276. The van der Waals surface area contributed by atoms with Crippen LogP contribution in [0.2, 0.25) is 0 Å². The molecule has 1 heterocycles. The molecular formula is C12H22N2O3. The molecule has 1 saturated heterocycles. The van der Waals surface area contributed by atoms with E-state index in [0.29, 0.717) is 6.42 Å². The van der Waals surface area contributed by atoms with Gasteiger partial charge in [-0.05, 0) is 39.3 Å². The second kappa shape index (κ2) is 6.00. The summed E-state index contributed by atoms with van der Waals surface area (Å²) in [6.45, 7) is 4.58. The summed E-state index contributed by atoms with van der Waals surface area (Å²) in [5.74, 6) is -0.632. The molecule has 5 nitrogen and oxygen atoms in total. The molecule has 0 radical (unpaired) electrons. The van der Waals surface area contributed by atoms with Crippen LogP contribution < -0.4 is 5.32 Å². The second-order valence-corrected chi connectivity index (χ2v) is 5.02. The van der Waals surface area contributed by atoms with Gasteiger partial charge in [0.15, 0.2) is 0 Å². The van der Waals surface area contributed by atoms with Gasteiger partial charge >= 0.3 is 5.97 Å². The third-order valence-corrected chi connectivity index (χ3v) is 3.44. The van der Waals surface area contributed by atoms with Crippen molar-refractivity contribution in [2.75, 3.05) is 26.7 Å². The molecular weight excluding hydrogens is 220 g/mol. The molecule has 0 aromatic heterocycles. The lowest BCUT2D eigenvalue weighted by molar-refractivity contribution is -0.137. The first-order valence-electron chi connectivity index (χ1n) is 6.14. The number of aliphatic carboxylic acids is 1. The highest BCUT2D eigenvalue weighted by molar-refractivity contribution is 5.82. The van der Waals surface area contributed by atoms with Crippen molar-refractivity contribution >= 4 is 11.9 Å². The Balaban J connectivity index is 2.26. The van der Waals surface area contributed by atoms with Gasteiger partial charge in [0.1, 0.15) is 0 Å². The molecule has 0 saturated carbocycles. The van der Waals surface area contributed by atoms with Gasteiger partial charge in [-0.1, -0.05) is 0 Å². The Labute approximate surface area is 102 Å². The summed E-state index contributed by atoms with van der Waals surface area (Å²) >= 11 is 0. The molecule has 5 heteroatoms. The Morgan fingerprint density at radius 2 is 2.12 bits per heavy atom. The molecule has 98 valence electrons. The average molecular weight is 242 g/mol. The second-order valence-electron chi connectivity index (χ2n) is 5.02. The zero-order valence-corrected chi connectivity index (χ0v) is 10.7. The van der Waals surface area contributed by atoms with Crippen LogP contribution in [0.5, 0.6) is 0 Å². The van der Waals surface area contributed by atoms with Crippen LogP contribution in [0, 0.1) is 5.41 Å². The van der Waals surface area contributed by atoms with Gasteiger partial charge in [-0.25, -0.2) is 0 Å². The van der Waals surface area contributed by atoms with Gasteiger partial charge in [-0.2, -0.15) is 0 Å². The normalized spacial score (nSPS) is 24.8. The van der Waals surface area contributed by atoms with Crippen molar-refractivity contribution in [2.45, 2.75) is 32.6 Å². The number of amides is 1. The molecule has 1 aliphatic heterocycles. The molecule has 0 aromatic carbocycles. The van der Waals surface area contributed by atoms with Gasteiger partial charge in [-0.15, -0.1) is 0 Å². The van der Waals surface area contributed by atoms with Crippen molar-refractivity contribution in [3.05, 3.63) is 0 Å². The molecule has 1 amide bonds. The van der Waals surface area contributed by atoms with E-state index in [1.165, 1.54) is 0 Å². The largest absolute Gasteiger partial charge is 0.481 e. The number of unbranched alkanes of at least 4 members (excludes halogenated alkanes) is 1. The topological polar surface area (TPSA) is 69.6 Å². The van der Waals surface area contributed by atoms with E-state index in [4.69, 9.17) is 5.11 Å². The number of hydrogen-bond donors (Lipinski definition) is 2. The minimum Gasteiger partial charge on any atom is -0.481 e. The van der Waals surface area contributed by atoms with Crippen LogP contribution >= 0.6 is 0 Å². The Kier molecular flexibility index (Phi) is 4.93. The van der Waals surface area contributed by atoms with Crippen LogP contribution in [-0.2, 0) is 9.59 Å². The summed E-state index contributed by atoms with van der Waals surface area (Å²) in [5, 5.41) is 11.2. The minimum absolute atomic E-state index is 0.102. The van der Waals surface area contributed by atoms with Crippen molar-refractivity contribution in [1.29, 1.82) is 0 Å². The summed E-state index contributed by atoms with van der Waals surface area (Å²) < 4.78 is 0. The molecule has 1 unspecified atom stereocenters. The Morgan fingerprint density at radius 3 is 2.71 bits per heavy atom. The van der Waals surface area contributed by atoms with Crippen LogP contribution in [0.15, 0.2) is 0 Å². The minimum atomic E-state index is -0.735. The first-order chi connectivity index (χ1) is 7.98. The molecule has 1 rings (SSSR count). The SMILES string of the molecule is CNC(=O)C1(C)CCN(CCCCC(=O)O)C1. The molecule has 0 aliphatic carbocycles. The number of likely N-dealkylation sites (tertiary alicyclic amines) is 1. The number of nitrogens with zero attached hydrogens (tertiary/aromatic N) is 1. The van der Waals surface area contributed by atoms with Crippen LogP contribution in [-0.4, -0.2) is 48.6 Å². The van der Waals surface area contributed by atoms with E-state index in [2.05, 4.69) is 10.2 Å². The number of nitrogens with one attached hydrogen (secondary N) is 1. The van der Waals surface area contributed by atoms with E-state index >= 15 is 0 Å². The Hall–Kier alpha value is -1.10. The Morgan fingerprint density at radius 1 is 1.41 bits per heavy atom. The highest BCUT2D eigenvalue weighted by atomic mass is 16.4. The lowest BCUT2D eigenvalue weighted by Crippen LogP contribution is -2.39. The van der Waals surface area contributed by atoms with E-state index in [0.717, 1.165) is 32.5 Å². The molecule has 1 fully saturated rings. The first-order valence-corrected chi connectivity index (χ1v) is 6.14. The Bertz CT molecular complexity index is 293. The fourth-order valence-corrected chi connectivity index (χ4v) is 2.35. The standard InChI is InChI=1S/C12H22N2O3/c1-12(11(17)13-2)6-8-14(9-12)7-4-3-5-10(15)16/h3-9H2,1-2H3,(H,13,17)(H,15,16). The van der Waals surface area contributed by atoms with E-state index < -0.39 is 5.97 Å². The van der Waals surface area contributed by atoms with E-state index in [9.17, 15) is 9.59 Å². The van der Waals surface area contributed by atoms with Crippen molar-refractivity contribution in [3.8, 4) is 0 Å². The molecule has 0 bridgehead atoms. The number of carboxylic acid groups (broad SMARTS) is 1. The molecule has 1 aliphatic rings. The first kappa shape index (κ1) is 14.0. The van der Waals surface area contributed by atoms with Crippen molar-refractivity contribution in [3.63, 3.8) is 0 Å². The summed E-state index contributed by atoms with van der Waals surface area (Å²) in [6.07, 6.45) is 2.71. The average Bonchev–Trinajstić information content (AvgIpc) is 2.66. The van der Waals surface area contributed by atoms with Crippen LogP contribution in [0.1, 0.15) is 32.6 Å². The zero-order chi connectivity index (χ0) is 12.9. The summed E-state index contributed by atoms with van der Waals surface area (Å²) in [6, 6.07) is 0. The lowest BCUT2D eigenvalue weighted by atomic mass is 9.89. The molecule has 0 aromatic rings. The quantitative estimate of drug-likeness (QED) is 0.673. The summed E-state index contributed by atoms with van der Waals surface area (Å²) in [4.78, 5) is 24.3. The molecule has 1 atom stereocenters. The predicted molar refractivity (Wildman–Crippen MR) is 64.7 cm³/mol. The fourth-order valence-electron chi connectivity index (χ4n) is 2.35. The van der Waals surface area contributed by atoms with Gasteiger partial charge in [-0.3, -0.25) is 9.59 Å². The predicted octanol–water partition coefficient (Wildman–Crippen LogP) is 0.699. The van der Waals surface area contributed by atoms with E-state index in [-0.39, 0.29) is 17.7 Å². The third kappa shape index (κ3) is 4.00. The molecule has 17 heavy (non-hydrogen) atoms. The maximum absolute atomic E-state index is 11.7. The maximum Gasteiger partial charge on any atom is 0.303 e. The van der Waals surface area contributed by atoms with Crippen LogP contribution in [0.4, 0.5) is 0 Å². The molecule has 2 N–H and O–H groups in total. The number of hydrogen-bond acceptors (Lipinski definition) is 3. The monoisotopic (exact) mass is 242 g/mol.